The van der Waals surface area contributed by atoms with Gasteiger partial charge >= 0.3 is 0 Å². The van der Waals surface area contributed by atoms with Crippen molar-refractivity contribution in [2.75, 3.05) is 19.0 Å². The number of nitrogens with two attached hydrogens (primary N) is 1. The molecule has 0 bridgehead atoms. The lowest BCUT2D eigenvalue weighted by Gasteiger charge is -2.19. The van der Waals surface area contributed by atoms with Crippen molar-refractivity contribution in [1.29, 1.82) is 0 Å². The van der Waals surface area contributed by atoms with Crippen molar-refractivity contribution in [3.63, 3.8) is 0 Å². The van der Waals surface area contributed by atoms with E-state index in [0.717, 1.165) is 17.0 Å². The van der Waals surface area contributed by atoms with Gasteiger partial charge in [0.25, 0.3) is 0 Å². The van der Waals surface area contributed by atoms with Crippen LogP contribution in [0.3, 0.4) is 0 Å². The number of ether oxygens (including phenoxy) is 1. The maximum absolute atomic E-state index is 5.97. The molecule has 0 aliphatic rings. The monoisotopic (exact) mass is 276 g/mol. The maximum Gasteiger partial charge on any atom is 0.119 e. The zero-order chi connectivity index (χ0) is 13.7. The van der Waals surface area contributed by atoms with E-state index < -0.39 is 0 Å². The smallest absolute Gasteiger partial charge is 0.119 e. The van der Waals surface area contributed by atoms with Crippen LogP contribution in [0.1, 0.15) is 11.6 Å². The average Bonchev–Trinajstić information content (AvgIpc) is 2.45. The molecule has 2 aromatic rings. The number of nitrogens with one attached hydrogen (secondary N) is 1. The minimum atomic E-state index is 0.0218. The van der Waals surface area contributed by atoms with Crippen LogP contribution in [0.5, 0.6) is 5.75 Å². The fourth-order valence-electron chi connectivity index (χ4n) is 1.92. The molecule has 3 N–H and O–H groups in total. The van der Waals surface area contributed by atoms with Crippen LogP contribution < -0.4 is 15.8 Å². The quantitative estimate of drug-likeness (QED) is 0.879. The van der Waals surface area contributed by atoms with E-state index in [4.69, 9.17) is 22.1 Å². The molecule has 2 rings (SSSR count). The predicted octanol–water partition coefficient (Wildman–Crippen LogP) is 3.46. The predicted molar refractivity (Wildman–Crippen MR) is 79.9 cm³/mol. The summed E-state index contributed by atoms with van der Waals surface area (Å²) in [5.41, 5.74) is 7.88. The number of methoxy groups -OCH3 is 1. The Hall–Kier alpha value is -1.71. The van der Waals surface area contributed by atoms with Crippen LogP contribution in [0.2, 0.25) is 5.02 Å². The Balaban J connectivity index is 2.19. The summed E-state index contributed by atoms with van der Waals surface area (Å²) < 4.78 is 5.23. The molecule has 0 saturated heterocycles. The third kappa shape index (κ3) is 3.63. The molecule has 4 heteroatoms. The third-order valence-corrected chi connectivity index (χ3v) is 3.13. The molecule has 1 unspecified atom stereocenters. The van der Waals surface area contributed by atoms with E-state index >= 15 is 0 Å². The van der Waals surface area contributed by atoms with Crippen molar-refractivity contribution in [1.82, 2.24) is 0 Å². The van der Waals surface area contributed by atoms with Gasteiger partial charge in [-0.05, 0) is 35.9 Å². The molecule has 0 spiro atoms. The van der Waals surface area contributed by atoms with Gasteiger partial charge in [-0.15, -0.1) is 0 Å². The Morgan fingerprint density at radius 1 is 1.21 bits per heavy atom. The van der Waals surface area contributed by atoms with Crippen molar-refractivity contribution < 1.29 is 4.74 Å². The summed E-state index contributed by atoms with van der Waals surface area (Å²) >= 11 is 5.97. The molecule has 0 radical (unpaired) electrons. The van der Waals surface area contributed by atoms with Crippen molar-refractivity contribution in [2.45, 2.75) is 6.04 Å². The second-order valence-corrected chi connectivity index (χ2v) is 4.66. The molecule has 100 valence electrons. The standard InChI is InChI=1S/C15H17ClN2O/c1-19-14-7-2-4-11(8-14)15(10-17)18-13-6-3-5-12(16)9-13/h2-9,15,18H,10,17H2,1H3. The first-order chi connectivity index (χ1) is 9.22. The van der Waals surface area contributed by atoms with Gasteiger partial charge in [0, 0.05) is 17.3 Å². The summed E-state index contributed by atoms with van der Waals surface area (Å²) in [4.78, 5) is 0. The molecule has 1 atom stereocenters. The summed E-state index contributed by atoms with van der Waals surface area (Å²) in [7, 11) is 1.65. The van der Waals surface area contributed by atoms with Gasteiger partial charge in [0.15, 0.2) is 0 Å². The SMILES string of the molecule is COc1cccc(C(CN)Nc2cccc(Cl)c2)c1. The van der Waals surface area contributed by atoms with Gasteiger partial charge in [0.05, 0.1) is 13.2 Å². The van der Waals surface area contributed by atoms with Crippen LogP contribution in [-0.2, 0) is 0 Å². The van der Waals surface area contributed by atoms with Crippen molar-refractivity contribution in [3.05, 3.63) is 59.1 Å². The molecule has 0 aromatic heterocycles. The normalized spacial score (nSPS) is 11.9. The molecular formula is C15H17ClN2O. The molecule has 0 heterocycles. The number of benzene rings is 2. The molecule has 3 nitrogen and oxygen atoms in total. The Kier molecular flexibility index (Phi) is 4.66. The first-order valence-corrected chi connectivity index (χ1v) is 6.47. The molecule has 0 aliphatic heterocycles. The van der Waals surface area contributed by atoms with Gasteiger partial charge in [0.1, 0.15) is 5.75 Å². The third-order valence-electron chi connectivity index (χ3n) is 2.90. The van der Waals surface area contributed by atoms with Crippen LogP contribution in [0.15, 0.2) is 48.5 Å². The number of rotatable bonds is 5. The van der Waals surface area contributed by atoms with Gasteiger partial charge in [-0.25, -0.2) is 0 Å². The minimum absolute atomic E-state index is 0.0218. The van der Waals surface area contributed by atoms with E-state index in [-0.39, 0.29) is 6.04 Å². The van der Waals surface area contributed by atoms with Gasteiger partial charge in [-0.3, -0.25) is 0 Å². The highest BCUT2D eigenvalue weighted by Gasteiger charge is 2.10. The summed E-state index contributed by atoms with van der Waals surface area (Å²) in [6.07, 6.45) is 0. The molecule has 0 amide bonds. The van der Waals surface area contributed by atoms with Crippen molar-refractivity contribution in [3.8, 4) is 5.75 Å². The van der Waals surface area contributed by atoms with Crippen LogP contribution in [0, 0.1) is 0 Å². The summed E-state index contributed by atoms with van der Waals surface area (Å²) in [6.45, 7) is 0.486. The summed E-state index contributed by atoms with van der Waals surface area (Å²) in [6, 6.07) is 15.5. The van der Waals surface area contributed by atoms with Gasteiger partial charge in [-0.1, -0.05) is 29.8 Å². The zero-order valence-corrected chi connectivity index (χ0v) is 11.5. The summed E-state index contributed by atoms with van der Waals surface area (Å²) in [5.74, 6) is 0.823. The highest BCUT2D eigenvalue weighted by molar-refractivity contribution is 6.30. The van der Waals surface area contributed by atoms with Crippen LogP contribution in [0.25, 0.3) is 0 Å². The van der Waals surface area contributed by atoms with Crippen molar-refractivity contribution in [2.24, 2.45) is 5.73 Å². The highest BCUT2D eigenvalue weighted by atomic mass is 35.5. The van der Waals surface area contributed by atoms with Crippen LogP contribution >= 0.6 is 11.6 Å². The molecular weight excluding hydrogens is 260 g/mol. The average molecular weight is 277 g/mol. The Labute approximate surface area is 118 Å². The van der Waals surface area contributed by atoms with Crippen LogP contribution in [0.4, 0.5) is 5.69 Å². The van der Waals surface area contributed by atoms with E-state index in [1.165, 1.54) is 0 Å². The Morgan fingerprint density at radius 3 is 2.68 bits per heavy atom. The molecule has 0 saturated carbocycles. The largest absolute Gasteiger partial charge is 0.497 e. The topological polar surface area (TPSA) is 47.3 Å². The van der Waals surface area contributed by atoms with E-state index in [2.05, 4.69) is 5.32 Å². The Morgan fingerprint density at radius 2 is 2.00 bits per heavy atom. The first kappa shape index (κ1) is 13.7. The van der Waals surface area contributed by atoms with E-state index in [9.17, 15) is 0 Å². The van der Waals surface area contributed by atoms with Crippen molar-refractivity contribution >= 4 is 17.3 Å². The lowest BCUT2D eigenvalue weighted by Crippen LogP contribution is -2.20. The Bertz CT molecular complexity index is 545. The number of anilines is 1. The highest BCUT2D eigenvalue weighted by Crippen LogP contribution is 2.23. The van der Waals surface area contributed by atoms with E-state index in [1.807, 2.05) is 48.5 Å². The number of hydrogen-bond acceptors (Lipinski definition) is 3. The minimum Gasteiger partial charge on any atom is -0.497 e. The fraction of sp³-hybridized carbons (Fsp3) is 0.200. The molecule has 0 aliphatic carbocycles. The van der Waals surface area contributed by atoms with E-state index in [1.54, 1.807) is 7.11 Å². The molecule has 0 fully saturated rings. The van der Waals surface area contributed by atoms with Gasteiger partial charge < -0.3 is 15.8 Å². The maximum atomic E-state index is 5.97. The second-order valence-electron chi connectivity index (χ2n) is 4.22. The second kappa shape index (κ2) is 6.45. The fourth-order valence-corrected chi connectivity index (χ4v) is 2.11. The lowest BCUT2D eigenvalue weighted by atomic mass is 10.1. The zero-order valence-electron chi connectivity index (χ0n) is 10.8. The lowest BCUT2D eigenvalue weighted by molar-refractivity contribution is 0.414. The molecule has 19 heavy (non-hydrogen) atoms. The number of halogens is 1. The number of hydrogen-bond donors (Lipinski definition) is 2. The van der Waals surface area contributed by atoms with Gasteiger partial charge in [0.2, 0.25) is 0 Å². The molecule has 2 aromatic carbocycles. The first-order valence-electron chi connectivity index (χ1n) is 6.09. The summed E-state index contributed by atoms with van der Waals surface area (Å²) in [5, 5.41) is 4.07. The van der Waals surface area contributed by atoms with Gasteiger partial charge in [-0.2, -0.15) is 0 Å². The van der Waals surface area contributed by atoms with E-state index in [0.29, 0.717) is 11.6 Å². The van der Waals surface area contributed by atoms with Crippen LogP contribution in [-0.4, -0.2) is 13.7 Å².